The van der Waals surface area contributed by atoms with Crippen molar-refractivity contribution in [2.45, 2.75) is 6.92 Å². The highest BCUT2D eigenvalue weighted by Gasteiger charge is 2.11. The van der Waals surface area contributed by atoms with Crippen LogP contribution in [0.25, 0.3) is 16.7 Å². The summed E-state index contributed by atoms with van der Waals surface area (Å²) in [4.78, 5) is 3.03. The Morgan fingerprint density at radius 1 is 1.29 bits per heavy atom. The zero-order chi connectivity index (χ0) is 15.1. The Kier molecular flexibility index (Phi) is 3.59. The number of H-pyrrole nitrogens is 1. The highest BCUT2D eigenvalue weighted by atomic mass is 79.9. The molecule has 21 heavy (non-hydrogen) atoms. The second kappa shape index (κ2) is 5.27. The summed E-state index contributed by atoms with van der Waals surface area (Å²) < 4.78 is 21.7. The number of methoxy groups -OCH3 is 1. The van der Waals surface area contributed by atoms with Crippen LogP contribution in [-0.4, -0.2) is 16.7 Å². The Bertz CT molecular complexity index is 901. The molecule has 0 aliphatic heterocycles. The number of halogens is 2. The lowest BCUT2D eigenvalue weighted by atomic mass is 10.2. The molecule has 0 unspecified atom stereocenters. The normalized spacial score (nSPS) is 11.0. The zero-order valence-electron chi connectivity index (χ0n) is 11.4. The van der Waals surface area contributed by atoms with Gasteiger partial charge in [-0.25, -0.2) is 4.39 Å². The van der Waals surface area contributed by atoms with Crippen molar-refractivity contribution in [3.63, 3.8) is 0 Å². The minimum absolute atomic E-state index is 0.322. The lowest BCUT2D eigenvalue weighted by Gasteiger charge is -2.09. The maximum atomic E-state index is 13.6. The molecule has 0 aliphatic rings. The smallest absolute Gasteiger partial charge is 0.182 e. The molecule has 108 valence electrons. The average molecular weight is 367 g/mol. The molecular formula is C15H12BrFN2OS. The minimum Gasteiger partial charge on any atom is -0.496 e. The van der Waals surface area contributed by atoms with E-state index in [4.69, 9.17) is 17.0 Å². The summed E-state index contributed by atoms with van der Waals surface area (Å²) in [5.41, 5.74) is 3.39. The molecule has 0 bridgehead atoms. The van der Waals surface area contributed by atoms with E-state index in [1.165, 1.54) is 6.07 Å². The topological polar surface area (TPSA) is 29.9 Å². The van der Waals surface area contributed by atoms with Gasteiger partial charge >= 0.3 is 0 Å². The molecule has 2 aromatic carbocycles. The monoisotopic (exact) mass is 366 g/mol. The molecule has 3 rings (SSSR count). The molecule has 0 spiro atoms. The number of ether oxygens (including phenoxy) is 1. The quantitative estimate of drug-likeness (QED) is 0.653. The average Bonchev–Trinajstić information content (AvgIpc) is 2.74. The predicted molar refractivity (Wildman–Crippen MR) is 87.4 cm³/mol. The second-order valence-electron chi connectivity index (χ2n) is 4.70. The highest BCUT2D eigenvalue weighted by molar-refractivity contribution is 9.10. The fourth-order valence-corrected chi connectivity index (χ4v) is 3.01. The zero-order valence-corrected chi connectivity index (χ0v) is 13.8. The number of nitrogens with one attached hydrogen (secondary N) is 1. The molecule has 1 N–H and O–H groups in total. The first-order valence-corrected chi connectivity index (χ1v) is 7.46. The summed E-state index contributed by atoms with van der Waals surface area (Å²) in [5.74, 6) is 0.495. The number of imidazole rings is 1. The van der Waals surface area contributed by atoms with Crippen LogP contribution in [0.15, 0.2) is 34.8 Å². The number of aryl methyl sites for hydroxylation is 1. The maximum Gasteiger partial charge on any atom is 0.182 e. The van der Waals surface area contributed by atoms with Gasteiger partial charge in [-0.2, -0.15) is 0 Å². The number of aromatic amines is 1. The lowest BCUT2D eigenvalue weighted by Crippen LogP contribution is -1.96. The van der Waals surface area contributed by atoms with Crippen molar-refractivity contribution in [3.8, 4) is 11.4 Å². The molecule has 0 saturated carbocycles. The van der Waals surface area contributed by atoms with E-state index in [9.17, 15) is 4.39 Å². The fourth-order valence-electron chi connectivity index (χ4n) is 2.36. The van der Waals surface area contributed by atoms with Gasteiger partial charge in [-0.05, 0) is 64.9 Å². The van der Waals surface area contributed by atoms with Gasteiger partial charge in [-0.3, -0.25) is 4.57 Å². The van der Waals surface area contributed by atoms with Gasteiger partial charge in [0.1, 0.15) is 11.6 Å². The Morgan fingerprint density at radius 2 is 2.05 bits per heavy atom. The number of aromatic nitrogens is 2. The highest BCUT2D eigenvalue weighted by Crippen LogP contribution is 2.27. The number of nitrogens with zero attached hydrogens (tertiary/aromatic N) is 1. The first-order chi connectivity index (χ1) is 10.0. The summed E-state index contributed by atoms with van der Waals surface area (Å²) in [5, 5.41) is 0. The molecule has 1 heterocycles. The summed E-state index contributed by atoms with van der Waals surface area (Å²) >= 11 is 8.58. The number of fused-ring (bicyclic) bond motifs is 1. The van der Waals surface area contributed by atoms with Crippen molar-refractivity contribution in [3.05, 3.63) is 51.0 Å². The van der Waals surface area contributed by atoms with Gasteiger partial charge in [0.05, 0.1) is 22.6 Å². The fraction of sp³-hybridized carbons (Fsp3) is 0.133. The van der Waals surface area contributed by atoms with Crippen molar-refractivity contribution >= 4 is 39.2 Å². The second-order valence-corrected chi connectivity index (χ2v) is 5.94. The van der Waals surface area contributed by atoms with Crippen LogP contribution in [0.1, 0.15) is 5.56 Å². The molecule has 1 aromatic heterocycles. The SMILES string of the molecule is COc1ccc(-n2c(=S)[nH]c3cc(F)c(Br)cc32)cc1C. The maximum absolute atomic E-state index is 13.6. The van der Waals surface area contributed by atoms with E-state index in [0.29, 0.717) is 14.8 Å². The van der Waals surface area contributed by atoms with Crippen LogP contribution in [0, 0.1) is 17.5 Å². The van der Waals surface area contributed by atoms with E-state index in [0.717, 1.165) is 22.5 Å². The van der Waals surface area contributed by atoms with Gasteiger partial charge in [0.2, 0.25) is 0 Å². The van der Waals surface area contributed by atoms with Crippen LogP contribution < -0.4 is 4.74 Å². The van der Waals surface area contributed by atoms with Gasteiger partial charge in [-0.15, -0.1) is 0 Å². The molecule has 0 amide bonds. The molecule has 0 saturated heterocycles. The minimum atomic E-state index is -0.322. The van der Waals surface area contributed by atoms with Crippen LogP contribution in [0.4, 0.5) is 4.39 Å². The van der Waals surface area contributed by atoms with Crippen LogP contribution in [-0.2, 0) is 0 Å². The Labute approximate surface area is 134 Å². The lowest BCUT2D eigenvalue weighted by molar-refractivity contribution is 0.411. The number of hydrogen-bond acceptors (Lipinski definition) is 2. The first-order valence-electron chi connectivity index (χ1n) is 6.26. The summed E-state index contributed by atoms with van der Waals surface area (Å²) in [6.07, 6.45) is 0. The Morgan fingerprint density at radius 3 is 2.71 bits per heavy atom. The molecule has 3 nitrogen and oxygen atoms in total. The van der Waals surface area contributed by atoms with E-state index < -0.39 is 0 Å². The third-order valence-corrected chi connectivity index (χ3v) is 4.25. The molecule has 0 atom stereocenters. The van der Waals surface area contributed by atoms with Crippen molar-refractivity contribution in [1.82, 2.24) is 9.55 Å². The molecule has 0 aliphatic carbocycles. The Balaban J connectivity index is 2.29. The standard InChI is InChI=1S/C15H12BrFN2OS/c1-8-5-9(3-4-14(8)20-2)19-13-6-10(16)11(17)7-12(13)18-15(19)21/h3-7H,1-2H3,(H,18,21). The Hall–Kier alpha value is -1.66. The van der Waals surface area contributed by atoms with Crippen LogP contribution in [0.3, 0.4) is 0 Å². The number of benzene rings is 2. The third kappa shape index (κ3) is 2.38. The van der Waals surface area contributed by atoms with E-state index in [1.54, 1.807) is 13.2 Å². The molecule has 3 aromatic rings. The largest absolute Gasteiger partial charge is 0.496 e. The third-order valence-electron chi connectivity index (χ3n) is 3.36. The molecule has 0 fully saturated rings. The molecular weight excluding hydrogens is 355 g/mol. The van der Waals surface area contributed by atoms with Crippen LogP contribution in [0.5, 0.6) is 5.75 Å². The van der Waals surface area contributed by atoms with Gasteiger partial charge < -0.3 is 9.72 Å². The predicted octanol–water partition coefficient (Wildman–Crippen LogP) is 4.91. The van der Waals surface area contributed by atoms with Gasteiger partial charge in [0.25, 0.3) is 0 Å². The van der Waals surface area contributed by atoms with Gasteiger partial charge in [0.15, 0.2) is 4.77 Å². The van der Waals surface area contributed by atoms with E-state index in [-0.39, 0.29) is 5.82 Å². The van der Waals surface area contributed by atoms with Crippen LogP contribution in [0.2, 0.25) is 0 Å². The van der Waals surface area contributed by atoms with Crippen molar-refractivity contribution in [2.24, 2.45) is 0 Å². The van der Waals surface area contributed by atoms with Crippen LogP contribution >= 0.6 is 28.1 Å². The van der Waals surface area contributed by atoms with Gasteiger partial charge in [0, 0.05) is 11.8 Å². The summed E-state index contributed by atoms with van der Waals surface area (Å²) in [7, 11) is 1.64. The summed E-state index contributed by atoms with van der Waals surface area (Å²) in [6, 6.07) is 8.95. The van der Waals surface area contributed by atoms with E-state index in [1.807, 2.05) is 29.7 Å². The molecule has 0 radical (unpaired) electrons. The number of hydrogen-bond donors (Lipinski definition) is 1. The summed E-state index contributed by atoms with van der Waals surface area (Å²) in [6.45, 7) is 1.97. The number of rotatable bonds is 2. The van der Waals surface area contributed by atoms with E-state index in [2.05, 4.69) is 20.9 Å². The first kappa shape index (κ1) is 14.3. The molecule has 6 heteroatoms. The van der Waals surface area contributed by atoms with Gasteiger partial charge in [-0.1, -0.05) is 0 Å². The van der Waals surface area contributed by atoms with E-state index >= 15 is 0 Å². The van der Waals surface area contributed by atoms with Crippen molar-refractivity contribution < 1.29 is 9.13 Å². The van der Waals surface area contributed by atoms with Crippen molar-refractivity contribution in [1.29, 1.82) is 0 Å². The van der Waals surface area contributed by atoms with Crippen molar-refractivity contribution in [2.75, 3.05) is 7.11 Å².